The summed E-state index contributed by atoms with van der Waals surface area (Å²) in [6.45, 7) is 7.34. The molecule has 1 aliphatic rings. The van der Waals surface area contributed by atoms with E-state index in [1.165, 1.54) is 37.7 Å². The van der Waals surface area contributed by atoms with Gasteiger partial charge in [0.05, 0.1) is 0 Å². The van der Waals surface area contributed by atoms with Crippen molar-refractivity contribution in [3.63, 3.8) is 0 Å². The van der Waals surface area contributed by atoms with Crippen LogP contribution in [0.3, 0.4) is 0 Å². The van der Waals surface area contributed by atoms with E-state index in [0.29, 0.717) is 5.41 Å². The molecule has 0 heterocycles. The summed E-state index contributed by atoms with van der Waals surface area (Å²) in [5, 5.41) is 0. The SMILES string of the molecule is CC1CCCC(C)(C)C1CCc1cccc(N)c1.Cl. The van der Waals surface area contributed by atoms with E-state index in [1.54, 1.807) is 0 Å². The Labute approximate surface area is 124 Å². The minimum Gasteiger partial charge on any atom is -0.399 e. The third-order valence-electron chi connectivity index (χ3n) is 4.87. The number of hydrogen-bond donors (Lipinski definition) is 1. The van der Waals surface area contributed by atoms with Gasteiger partial charge in [-0.05, 0) is 54.2 Å². The molecule has 1 aliphatic carbocycles. The zero-order valence-corrected chi connectivity index (χ0v) is 13.3. The van der Waals surface area contributed by atoms with E-state index in [9.17, 15) is 0 Å². The van der Waals surface area contributed by atoms with Gasteiger partial charge in [0.25, 0.3) is 0 Å². The van der Waals surface area contributed by atoms with E-state index in [2.05, 4.69) is 39.0 Å². The van der Waals surface area contributed by atoms with Gasteiger partial charge < -0.3 is 5.73 Å². The molecule has 0 aliphatic heterocycles. The highest BCUT2D eigenvalue weighted by atomic mass is 35.5. The van der Waals surface area contributed by atoms with Crippen molar-refractivity contribution < 1.29 is 0 Å². The van der Waals surface area contributed by atoms with Crippen LogP contribution in [0, 0.1) is 17.3 Å². The van der Waals surface area contributed by atoms with Gasteiger partial charge in [-0.3, -0.25) is 0 Å². The van der Waals surface area contributed by atoms with Gasteiger partial charge in [0.1, 0.15) is 0 Å². The van der Waals surface area contributed by atoms with Gasteiger partial charge >= 0.3 is 0 Å². The minimum atomic E-state index is 0. The van der Waals surface area contributed by atoms with E-state index in [1.807, 2.05) is 6.07 Å². The predicted molar refractivity (Wildman–Crippen MR) is 86.7 cm³/mol. The van der Waals surface area contributed by atoms with E-state index < -0.39 is 0 Å². The summed E-state index contributed by atoms with van der Waals surface area (Å²) in [5.41, 5.74) is 8.64. The lowest BCUT2D eigenvalue weighted by Crippen LogP contribution is -2.33. The number of anilines is 1. The molecule has 2 rings (SSSR count). The van der Waals surface area contributed by atoms with Crippen LogP contribution >= 0.6 is 12.4 Å². The zero-order valence-electron chi connectivity index (χ0n) is 12.5. The molecule has 2 unspecified atom stereocenters. The Kier molecular flexibility index (Phi) is 5.73. The maximum atomic E-state index is 5.85. The third kappa shape index (κ3) is 4.14. The van der Waals surface area contributed by atoms with E-state index in [0.717, 1.165) is 17.5 Å². The average molecular weight is 282 g/mol. The molecule has 0 amide bonds. The van der Waals surface area contributed by atoms with Crippen LogP contribution < -0.4 is 5.73 Å². The molecule has 1 saturated carbocycles. The number of benzene rings is 1. The first kappa shape index (κ1) is 16.4. The maximum absolute atomic E-state index is 5.85. The van der Waals surface area contributed by atoms with Crippen molar-refractivity contribution in [2.75, 3.05) is 5.73 Å². The van der Waals surface area contributed by atoms with Gasteiger partial charge in [-0.1, -0.05) is 45.7 Å². The molecule has 19 heavy (non-hydrogen) atoms. The van der Waals surface area contributed by atoms with Gasteiger partial charge in [-0.25, -0.2) is 0 Å². The number of nitrogen functional groups attached to an aromatic ring is 1. The molecular weight excluding hydrogens is 254 g/mol. The highest BCUT2D eigenvalue weighted by Crippen LogP contribution is 2.45. The standard InChI is InChI=1S/C17H27N.ClH/c1-13-6-5-11-17(2,3)16(13)10-9-14-7-4-8-15(18)12-14;/h4,7-8,12-13,16H,5-6,9-11,18H2,1-3H3;1H. The second kappa shape index (κ2) is 6.65. The van der Waals surface area contributed by atoms with Crippen molar-refractivity contribution in [3.05, 3.63) is 29.8 Å². The van der Waals surface area contributed by atoms with Crippen LogP contribution in [0.15, 0.2) is 24.3 Å². The second-order valence-electron chi connectivity index (χ2n) is 6.75. The van der Waals surface area contributed by atoms with Gasteiger partial charge in [-0.15, -0.1) is 12.4 Å². The van der Waals surface area contributed by atoms with Gasteiger partial charge in [0.2, 0.25) is 0 Å². The summed E-state index contributed by atoms with van der Waals surface area (Å²) in [6.07, 6.45) is 6.67. The van der Waals surface area contributed by atoms with Crippen molar-refractivity contribution in [2.45, 2.75) is 52.9 Å². The molecule has 2 atom stereocenters. The minimum absolute atomic E-state index is 0. The lowest BCUT2D eigenvalue weighted by Gasteiger charge is -2.43. The second-order valence-corrected chi connectivity index (χ2v) is 6.75. The first-order chi connectivity index (χ1) is 8.49. The fraction of sp³-hybridized carbons (Fsp3) is 0.647. The molecule has 2 N–H and O–H groups in total. The normalized spacial score (nSPS) is 25.6. The van der Waals surface area contributed by atoms with E-state index >= 15 is 0 Å². The smallest absolute Gasteiger partial charge is 0.0316 e. The topological polar surface area (TPSA) is 26.0 Å². The van der Waals surface area contributed by atoms with Crippen molar-refractivity contribution in [3.8, 4) is 0 Å². The quantitative estimate of drug-likeness (QED) is 0.768. The fourth-order valence-corrected chi connectivity index (χ4v) is 3.78. The van der Waals surface area contributed by atoms with E-state index in [-0.39, 0.29) is 12.4 Å². The van der Waals surface area contributed by atoms with Crippen LogP contribution in [0.4, 0.5) is 5.69 Å². The first-order valence-electron chi connectivity index (χ1n) is 7.33. The fourth-order valence-electron chi connectivity index (χ4n) is 3.78. The number of nitrogens with two attached hydrogens (primary N) is 1. The van der Waals surface area contributed by atoms with Crippen LogP contribution in [-0.2, 0) is 6.42 Å². The molecule has 0 spiro atoms. The summed E-state index contributed by atoms with van der Waals surface area (Å²) in [4.78, 5) is 0. The molecule has 1 nitrogen and oxygen atoms in total. The van der Waals surface area contributed by atoms with Gasteiger partial charge in [0.15, 0.2) is 0 Å². The Morgan fingerprint density at radius 2 is 2.05 bits per heavy atom. The van der Waals surface area contributed by atoms with Crippen LogP contribution in [-0.4, -0.2) is 0 Å². The molecule has 2 heteroatoms. The summed E-state index contributed by atoms with van der Waals surface area (Å²) >= 11 is 0. The lowest BCUT2D eigenvalue weighted by molar-refractivity contribution is 0.0767. The van der Waals surface area contributed by atoms with Crippen LogP contribution in [0.5, 0.6) is 0 Å². The predicted octanol–water partition coefficient (Wildman–Crippen LogP) is 5.09. The van der Waals surface area contributed by atoms with Crippen LogP contribution in [0.2, 0.25) is 0 Å². The van der Waals surface area contributed by atoms with Crippen molar-refractivity contribution in [1.29, 1.82) is 0 Å². The van der Waals surface area contributed by atoms with Gasteiger partial charge in [-0.2, -0.15) is 0 Å². The van der Waals surface area contributed by atoms with Gasteiger partial charge in [0, 0.05) is 5.69 Å². The Hall–Kier alpha value is -0.690. The molecule has 0 bridgehead atoms. The maximum Gasteiger partial charge on any atom is 0.0316 e. The molecule has 0 saturated heterocycles. The van der Waals surface area contributed by atoms with Crippen molar-refractivity contribution in [2.24, 2.45) is 17.3 Å². The summed E-state index contributed by atoms with van der Waals surface area (Å²) < 4.78 is 0. The van der Waals surface area contributed by atoms with Crippen LogP contribution in [0.1, 0.15) is 52.0 Å². The molecule has 1 aromatic rings. The highest BCUT2D eigenvalue weighted by Gasteiger charge is 2.36. The largest absolute Gasteiger partial charge is 0.399 e. The van der Waals surface area contributed by atoms with Crippen molar-refractivity contribution >= 4 is 18.1 Å². The van der Waals surface area contributed by atoms with E-state index in [4.69, 9.17) is 5.73 Å². The Bertz CT molecular complexity index is 400. The number of halogens is 1. The molecule has 1 aromatic carbocycles. The average Bonchev–Trinajstić information content (AvgIpc) is 2.27. The van der Waals surface area contributed by atoms with Crippen LogP contribution in [0.25, 0.3) is 0 Å². The molecular formula is C17H28ClN. The first-order valence-corrected chi connectivity index (χ1v) is 7.33. The Morgan fingerprint density at radius 3 is 2.68 bits per heavy atom. The zero-order chi connectivity index (χ0) is 13.2. The van der Waals surface area contributed by atoms with Crippen molar-refractivity contribution in [1.82, 2.24) is 0 Å². The summed E-state index contributed by atoms with van der Waals surface area (Å²) in [6, 6.07) is 8.37. The monoisotopic (exact) mass is 281 g/mol. The highest BCUT2D eigenvalue weighted by molar-refractivity contribution is 5.85. The summed E-state index contributed by atoms with van der Waals surface area (Å²) in [5.74, 6) is 1.72. The Balaban J connectivity index is 0.00000180. The number of hydrogen-bond acceptors (Lipinski definition) is 1. The number of rotatable bonds is 3. The molecule has 108 valence electrons. The Morgan fingerprint density at radius 1 is 1.32 bits per heavy atom. The lowest BCUT2D eigenvalue weighted by atomic mass is 9.62. The summed E-state index contributed by atoms with van der Waals surface area (Å²) in [7, 11) is 0. The number of aryl methyl sites for hydroxylation is 1. The molecule has 0 radical (unpaired) electrons. The molecule has 1 fully saturated rings. The third-order valence-corrected chi connectivity index (χ3v) is 4.87. The molecule has 0 aromatic heterocycles.